The Balaban J connectivity index is 3.10. The van der Waals surface area contributed by atoms with Crippen molar-refractivity contribution in [3.63, 3.8) is 0 Å². The molecule has 0 atom stereocenters. The van der Waals surface area contributed by atoms with Crippen molar-refractivity contribution >= 4 is 29.3 Å². The summed E-state index contributed by atoms with van der Waals surface area (Å²) in [7, 11) is 0. The van der Waals surface area contributed by atoms with Crippen molar-refractivity contribution in [3.05, 3.63) is 29.6 Å². The van der Waals surface area contributed by atoms with E-state index in [9.17, 15) is 9.18 Å². The summed E-state index contributed by atoms with van der Waals surface area (Å²) in [4.78, 5) is 10.0. The Bertz CT molecular complexity index is 354. The van der Waals surface area contributed by atoms with Gasteiger partial charge in [0.05, 0.1) is 0 Å². The van der Waals surface area contributed by atoms with Crippen LogP contribution >= 0.6 is 12.2 Å². The zero-order valence-electron chi connectivity index (χ0n) is 6.58. The molecule has 0 saturated heterocycles. The number of carbonyl (C=O) groups excluding carboxylic acids is 1. The van der Waals surface area contributed by atoms with Gasteiger partial charge in [0.15, 0.2) is 0 Å². The fourth-order valence-electron chi connectivity index (χ4n) is 0.872. The fraction of sp³-hybridized carbons (Fsp3) is 0. The van der Waals surface area contributed by atoms with Crippen molar-refractivity contribution in [2.24, 2.45) is 5.73 Å². The van der Waals surface area contributed by atoms with Crippen LogP contribution in [0.3, 0.4) is 0 Å². The highest BCUT2D eigenvalue weighted by molar-refractivity contribution is 7.80. The molecule has 0 aliphatic heterocycles. The first-order valence-corrected chi connectivity index (χ1v) is 3.85. The predicted octanol–water partition coefficient (Wildman–Crippen LogP) is 1.03. The molecule has 0 bridgehead atoms. The highest BCUT2D eigenvalue weighted by Crippen LogP contribution is 2.13. The Morgan fingerprint density at radius 1 is 1.62 bits per heavy atom. The number of anilines is 1. The molecule has 0 aliphatic carbocycles. The summed E-state index contributed by atoms with van der Waals surface area (Å²) < 4.78 is 13.0. The molecule has 3 N–H and O–H groups in total. The second-order valence-electron chi connectivity index (χ2n) is 2.32. The first kappa shape index (κ1) is 9.60. The molecule has 1 amide bonds. The highest BCUT2D eigenvalue weighted by Gasteiger charge is 2.05. The number of hydrogen-bond acceptors (Lipinski definition) is 2. The van der Waals surface area contributed by atoms with Crippen LogP contribution in [0.2, 0.25) is 0 Å². The van der Waals surface area contributed by atoms with Gasteiger partial charge in [-0.1, -0.05) is 12.2 Å². The van der Waals surface area contributed by atoms with Gasteiger partial charge in [-0.25, -0.2) is 4.39 Å². The lowest BCUT2D eigenvalue weighted by atomic mass is 10.2. The van der Waals surface area contributed by atoms with Gasteiger partial charge in [-0.05, 0) is 18.2 Å². The summed E-state index contributed by atoms with van der Waals surface area (Å²) in [6.07, 6.45) is 0.497. The maximum Gasteiger partial charge on any atom is 0.211 e. The third-order valence-corrected chi connectivity index (χ3v) is 1.68. The van der Waals surface area contributed by atoms with E-state index in [0.717, 1.165) is 0 Å². The summed E-state index contributed by atoms with van der Waals surface area (Å²) in [6.45, 7) is 0. The molecule has 0 heterocycles. The van der Waals surface area contributed by atoms with Gasteiger partial charge >= 0.3 is 0 Å². The van der Waals surface area contributed by atoms with Crippen LogP contribution in [0.4, 0.5) is 10.1 Å². The summed E-state index contributed by atoms with van der Waals surface area (Å²) in [5.74, 6) is -0.496. The lowest BCUT2D eigenvalue weighted by Gasteiger charge is -2.03. The summed E-state index contributed by atoms with van der Waals surface area (Å²) >= 11 is 4.61. The van der Waals surface area contributed by atoms with Gasteiger partial charge in [-0.3, -0.25) is 4.79 Å². The number of nitrogens with one attached hydrogen (secondary N) is 1. The molecule has 68 valence electrons. The molecule has 0 saturated carbocycles. The van der Waals surface area contributed by atoms with Crippen LogP contribution in [-0.4, -0.2) is 11.4 Å². The van der Waals surface area contributed by atoms with Crippen molar-refractivity contribution in [2.75, 3.05) is 5.32 Å². The summed E-state index contributed by atoms with van der Waals surface area (Å²) in [6, 6.07) is 4.00. The van der Waals surface area contributed by atoms with E-state index >= 15 is 0 Å². The van der Waals surface area contributed by atoms with E-state index in [2.05, 4.69) is 17.5 Å². The number of benzene rings is 1. The fourth-order valence-corrected chi connectivity index (χ4v) is 1.03. The lowest BCUT2D eigenvalue weighted by Crippen LogP contribution is -2.12. The normalized spacial score (nSPS) is 9.31. The first-order valence-electron chi connectivity index (χ1n) is 3.44. The van der Waals surface area contributed by atoms with E-state index in [1.165, 1.54) is 18.2 Å². The molecular formula is C8H7FN2OS. The predicted molar refractivity (Wildman–Crippen MR) is 52.0 cm³/mol. The van der Waals surface area contributed by atoms with E-state index in [-0.39, 0.29) is 10.6 Å². The minimum absolute atomic E-state index is 0.0351. The second kappa shape index (κ2) is 3.95. The maximum atomic E-state index is 13.0. The Kier molecular flexibility index (Phi) is 2.92. The van der Waals surface area contributed by atoms with Gasteiger partial charge in [0.1, 0.15) is 10.8 Å². The van der Waals surface area contributed by atoms with Crippen molar-refractivity contribution < 1.29 is 9.18 Å². The van der Waals surface area contributed by atoms with E-state index in [4.69, 9.17) is 5.73 Å². The molecule has 0 spiro atoms. The largest absolute Gasteiger partial charge is 0.389 e. The standard InChI is InChI=1S/C8H7FN2OS/c9-7-2-1-5(11-4-12)3-6(7)8(10)13/h1-4H,(H2,10,13)(H,11,12). The molecule has 5 heteroatoms. The van der Waals surface area contributed by atoms with Crippen LogP contribution < -0.4 is 11.1 Å². The van der Waals surface area contributed by atoms with E-state index in [1.807, 2.05) is 0 Å². The smallest absolute Gasteiger partial charge is 0.211 e. The highest BCUT2D eigenvalue weighted by atomic mass is 32.1. The molecular weight excluding hydrogens is 191 g/mol. The number of amides is 1. The minimum Gasteiger partial charge on any atom is -0.389 e. The number of rotatable bonds is 3. The minimum atomic E-state index is -0.496. The van der Waals surface area contributed by atoms with Crippen LogP contribution in [0, 0.1) is 5.82 Å². The molecule has 1 aromatic carbocycles. The molecule has 3 nitrogen and oxygen atoms in total. The number of thiocarbonyl (C=S) groups is 1. The van der Waals surface area contributed by atoms with Crippen LogP contribution in [0.15, 0.2) is 18.2 Å². The summed E-state index contributed by atoms with van der Waals surface area (Å²) in [5, 5.41) is 2.37. The van der Waals surface area contributed by atoms with Gasteiger partial charge in [0.25, 0.3) is 0 Å². The second-order valence-corrected chi connectivity index (χ2v) is 2.76. The third kappa shape index (κ3) is 2.22. The monoisotopic (exact) mass is 198 g/mol. The van der Waals surface area contributed by atoms with Gasteiger partial charge < -0.3 is 11.1 Å². The molecule has 0 aliphatic rings. The Morgan fingerprint density at radius 3 is 2.85 bits per heavy atom. The molecule has 1 aromatic rings. The van der Waals surface area contributed by atoms with Gasteiger partial charge in [-0.2, -0.15) is 0 Å². The first-order chi connectivity index (χ1) is 6.15. The van der Waals surface area contributed by atoms with E-state index < -0.39 is 5.82 Å². The van der Waals surface area contributed by atoms with E-state index in [0.29, 0.717) is 12.1 Å². The quantitative estimate of drug-likeness (QED) is 0.563. The number of nitrogens with two attached hydrogens (primary N) is 1. The molecule has 13 heavy (non-hydrogen) atoms. The van der Waals surface area contributed by atoms with Crippen molar-refractivity contribution in [2.45, 2.75) is 0 Å². The van der Waals surface area contributed by atoms with Crippen LogP contribution in [0.5, 0.6) is 0 Å². The third-order valence-electron chi connectivity index (χ3n) is 1.46. The van der Waals surface area contributed by atoms with E-state index in [1.54, 1.807) is 0 Å². The van der Waals surface area contributed by atoms with Gasteiger partial charge in [-0.15, -0.1) is 0 Å². The molecule has 0 unspecified atom stereocenters. The van der Waals surface area contributed by atoms with Gasteiger partial charge in [0.2, 0.25) is 6.41 Å². The topological polar surface area (TPSA) is 55.1 Å². The SMILES string of the molecule is NC(=S)c1cc(NC=O)ccc1F. The Hall–Kier alpha value is -1.49. The van der Waals surface area contributed by atoms with Crippen molar-refractivity contribution in [1.82, 2.24) is 0 Å². The van der Waals surface area contributed by atoms with Crippen molar-refractivity contribution in [1.29, 1.82) is 0 Å². The average Bonchev–Trinajstić information content (AvgIpc) is 2.08. The van der Waals surface area contributed by atoms with Crippen LogP contribution in [-0.2, 0) is 4.79 Å². The molecule has 0 fully saturated rings. The van der Waals surface area contributed by atoms with Crippen LogP contribution in [0.25, 0.3) is 0 Å². The molecule has 0 aromatic heterocycles. The Morgan fingerprint density at radius 2 is 2.31 bits per heavy atom. The molecule has 0 radical (unpaired) electrons. The number of halogens is 1. The van der Waals surface area contributed by atoms with Crippen LogP contribution in [0.1, 0.15) is 5.56 Å². The average molecular weight is 198 g/mol. The van der Waals surface area contributed by atoms with Gasteiger partial charge in [0, 0.05) is 11.3 Å². The number of carbonyl (C=O) groups is 1. The lowest BCUT2D eigenvalue weighted by molar-refractivity contribution is -0.105. The number of hydrogen-bond donors (Lipinski definition) is 2. The maximum absolute atomic E-state index is 13.0. The zero-order chi connectivity index (χ0) is 9.84. The Labute approximate surface area is 79.7 Å². The summed E-state index contributed by atoms with van der Waals surface area (Å²) in [5.41, 5.74) is 5.84. The van der Waals surface area contributed by atoms with Crippen molar-refractivity contribution in [3.8, 4) is 0 Å². The molecule has 1 rings (SSSR count). The zero-order valence-corrected chi connectivity index (χ0v) is 7.40.